The highest BCUT2D eigenvalue weighted by Gasteiger charge is 2.07. The van der Waals surface area contributed by atoms with Gasteiger partial charge in [0.15, 0.2) is 0 Å². The molecule has 1 nitrogen and oxygen atoms in total. The molecule has 0 amide bonds. The Bertz CT molecular complexity index is 102. The zero-order valence-corrected chi connectivity index (χ0v) is 7.44. The topological polar surface area (TPSA) is 20.2 Å². The number of hydrogen-bond donors (Lipinski definition) is 1. The Morgan fingerprint density at radius 1 is 1.50 bits per heavy atom. The van der Waals surface area contributed by atoms with Crippen molar-refractivity contribution < 1.29 is 5.11 Å². The average Bonchev–Trinajstić information content (AvgIpc) is 1.88. The molecule has 0 spiro atoms. The van der Waals surface area contributed by atoms with Gasteiger partial charge in [0.05, 0.1) is 0 Å². The molecule has 0 aliphatic heterocycles. The smallest absolute Gasteiger partial charge is 0.137 e. The van der Waals surface area contributed by atoms with Gasteiger partial charge >= 0.3 is 0 Å². The number of hydrogen-bond acceptors (Lipinski definition) is 1. The molecule has 0 aromatic rings. The molecule has 3 heteroatoms. The summed E-state index contributed by atoms with van der Waals surface area (Å²) in [5.41, 5.74) is 0. The summed E-state index contributed by atoms with van der Waals surface area (Å²) in [6.45, 7) is 2.07. The lowest BCUT2D eigenvalue weighted by molar-refractivity contribution is 0.237. The molecular formula is C7H12Cl2O. The SMILES string of the molecule is CCC/C=C/C(O)C(Cl)Cl. The van der Waals surface area contributed by atoms with E-state index in [4.69, 9.17) is 28.3 Å². The van der Waals surface area contributed by atoms with Crippen molar-refractivity contribution in [2.75, 3.05) is 0 Å². The number of halogens is 2. The molecule has 1 unspecified atom stereocenters. The second kappa shape index (κ2) is 6.02. The molecular weight excluding hydrogens is 171 g/mol. The van der Waals surface area contributed by atoms with Crippen LogP contribution >= 0.6 is 23.2 Å². The average molecular weight is 183 g/mol. The maximum Gasteiger partial charge on any atom is 0.137 e. The molecule has 0 heterocycles. The van der Waals surface area contributed by atoms with Gasteiger partial charge in [-0.2, -0.15) is 0 Å². The predicted molar refractivity (Wildman–Crippen MR) is 45.5 cm³/mol. The minimum atomic E-state index is -0.727. The van der Waals surface area contributed by atoms with Gasteiger partial charge in [0.2, 0.25) is 0 Å². The Morgan fingerprint density at radius 3 is 2.50 bits per heavy atom. The second-order valence-corrected chi connectivity index (χ2v) is 3.21. The van der Waals surface area contributed by atoms with Crippen LogP contribution in [0.15, 0.2) is 12.2 Å². The van der Waals surface area contributed by atoms with Gasteiger partial charge in [-0.15, -0.1) is 23.2 Å². The molecule has 0 aromatic carbocycles. The lowest BCUT2D eigenvalue weighted by Crippen LogP contribution is -2.11. The van der Waals surface area contributed by atoms with Crippen molar-refractivity contribution in [3.63, 3.8) is 0 Å². The molecule has 0 aliphatic carbocycles. The van der Waals surface area contributed by atoms with E-state index in [1.165, 1.54) is 0 Å². The summed E-state index contributed by atoms with van der Waals surface area (Å²) in [5.74, 6) is 0. The molecule has 60 valence electrons. The number of aliphatic hydroxyl groups excluding tert-OH is 1. The van der Waals surface area contributed by atoms with Crippen molar-refractivity contribution in [1.29, 1.82) is 0 Å². The fourth-order valence-electron chi connectivity index (χ4n) is 0.486. The lowest BCUT2D eigenvalue weighted by atomic mass is 10.3. The normalized spacial score (nSPS) is 14.9. The summed E-state index contributed by atoms with van der Waals surface area (Å²) < 4.78 is 0. The highest BCUT2D eigenvalue weighted by atomic mass is 35.5. The van der Waals surface area contributed by atoms with Crippen LogP contribution in [0.2, 0.25) is 0 Å². The third-order valence-corrected chi connectivity index (χ3v) is 1.56. The van der Waals surface area contributed by atoms with Crippen LogP contribution in [0.3, 0.4) is 0 Å². The highest BCUT2D eigenvalue weighted by molar-refractivity contribution is 6.44. The van der Waals surface area contributed by atoms with Crippen LogP contribution in [0.5, 0.6) is 0 Å². The predicted octanol–water partition coefficient (Wildman–Crippen LogP) is 2.51. The highest BCUT2D eigenvalue weighted by Crippen LogP contribution is 2.08. The summed E-state index contributed by atoms with van der Waals surface area (Å²) >= 11 is 10.7. The molecule has 0 aliphatic rings. The number of unbranched alkanes of at least 4 members (excludes halogenated alkanes) is 1. The maximum atomic E-state index is 9.00. The molecule has 10 heavy (non-hydrogen) atoms. The van der Waals surface area contributed by atoms with Crippen LogP contribution in [0.4, 0.5) is 0 Å². The summed E-state index contributed by atoms with van der Waals surface area (Å²) in [4.78, 5) is -0.715. The second-order valence-electron chi connectivity index (χ2n) is 2.04. The van der Waals surface area contributed by atoms with Crippen LogP contribution in [0.25, 0.3) is 0 Å². The minimum absolute atomic E-state index is 0.715. The Kier molecular flexibility index (Phi) is 6.19. The van der Waals surface area contributed by atoms with Crippen LogP contribution in [0, 0.1) is 0 Å². The van der Waals surface area contributed by atoms with E-state index in [1.807, 2.05) is 6.08 Å². The number of alkyl halides is 2. The summed E-state index contributed by atoms with van der Waals surface area (Å²) in [7, 11) is 0. The standard InChI is InChI=1S/C7H12Cl2O/c1-2-3-4-5-6(10)7(8)9/h4-7,10H,2-3H2,1H3/b5-4+. The van der Waals surface area contributed by atoms with E-state index in [9.17, 15) is 0 Å². The van der Waals surface area contributed by atoms with Crippen molar-refractivity contribution >= 4 is 23.2 Å². The van der Waals surface area contributed by atoms with Crippen molar-refractivity contribution in [3.05, 3.63) is 12.2 Å². The fraction of sp³-hybridized carbons (Fsp3) is 0.714. The number of rotatable bonds is 4. The molecule has 1 N–H and O–H groups in total. The fourth-order valence-corrected chi connectivity index (χ4v) is 0.654. The van der Waals surface area contributed by atoms with Crippen molar-refractivity contribution in [3.8, 4) is 0 Å². The zero-order chi connectivity index (χ0) is 7.98. The first kappa shape index (κ1) is 10.3. The Labute approximate surface area is 71.6 Å². The minimum Gasteiger partial charge on any atom is -0.386 e. The molecule has 0 radical (unpaired) electrons. The van der Waals surface area contributed by atoms with E-state index >= 15 is 0 Å². The largest absolute Gasteiger partial charge is 0.386 e. The van der Waals surface area contributed by atoms with Crippen LogP contribution in [-0.4, -0.2) is 16.0 Å². The van der Waals surface area contributed by atoms with Gasteiger partial charge in [0.25, 0.3) is 0 Å². The Balaban J connectivity index is 3.45. The summed E-state index contributed by atoms with van der Waals surface area (Å²) in [6, 6.07) is 0. The van der Waals surface area contributed by atoms with Gasteiger partial charge in [-0.3, -0.25) is 0 Å². The Morgan fingerprint density at radius 2 is 2.10 bits per heavy atom. The van der Waals surface area contributed by atoms with E-state index in [1.54, 1.807) is 6.08 Å². The maximum absolute atomic E-state index is 9.00. The molecule has 0 rings (SSSR count). The van der Waals surface area contributed by atoms with Crippen molar-refractivity contribution in [2.45, 2.75) is 30.7 Å². The van der Waals surface area contributed by atoms with Gasteiger partial charge in [-0.05, 0) is 6.42 Å². The molecule has 0 bridgehead atoms. The van der Waals surface area contributed by atoms with Crippen LogP contribution < -0.4 is 0 Å². The van der Waals surface area contributed by atoms with Crippen LogP contribution in [0.1, 0.15) is 19.8 Å². The van der Waals surface area contributed by atoms with Crippen molar-refractivity contribution in [1.82, 2.24) is 0 Å². The quantitative estimate of drug-likeness (QED) is 0.524. The number of aliphatic hydroxyl groups is 1. The molecule has 1 atom stereocenters. The van der Waals surface area contributed by atoms with E-state index in [-0.39, 0.29) is 0 Å². The van der Waals surface area contributed by atoms with Gasteiger partial charge in [0.1, 0.15) is 10.9 Å². The van der Waals surface area contributed by atoms with E-state index < -0.39 is 10.9 Å². The number of allylic oxidation sites excluding steroid dienone is 1. The van der Waals surface area contributed by atoms with Crippen LogP contribution in [-0.2, 0) is 0 Å². The molecule has 0 aromatic heterocycles. The van der Waals surface area contributed by atoms with Gasteiger partial charge in [-0.1, -0.05) is 25.5 Å². The Hall–Kier alpha value is 0.280. The van der Waals surface area contributed by atoms with Gasteiger partial charge in [0, 0.05) is 0 Å². The first-order chi connectivity index (χ1) is 4.68. The van der Waals surface area contributed by atoms with E-state index in [0.717, 1.165) is 12.8 Å². The third kappa shape index (κ3) is 5.10. The first-order valence-corrected chi connectivity index (χ1v) is 4.18. The summed E-state index contributed by atoms with van der Waals surface area (Å²) in [5, 5.41) is 9.00. The lowest BCUT2D eigenvalue weighted by Gasteiger charge is -2.03. The first-order valence-electron chi connectivity index (χ1n) is 3.31. The molecule has 0 fully saturated rings. The monoisotopic (exact) mass is 182 g/mol. The van der Waals surface area contributed by atoms with Gasteiger partial charge in [-0.25, -0.2) is 0 Å². The van der Waals surface area contributed by atoms with Crippen molar-refractivity contribution in [2.24, 2.45) is 0 Å². The van der Waals surface area contributed by atoms with E-state index in [0.29, 0.717) is 0 Å². The molecule has 0 saturated carbocycles. The van der Waals surface area contributed by atoms with E-state index in [2.05, 4.69) is 6.92 Å². The summed E-state index contributed by atoms with van der Waals surface area (Å²) in [6.07, 6.45) is 4.79. The molecule has 0 saturated heterocycles. The van der Waals surface area contributed by atoms with Gasteiger partial charge < -0.3 is 5.11 Å². The third-order valence-electron chi connectivity index (χ3n) is 1.05. The zero-order valence-electron chi connectivity index (χ0n) is 5.93.